The maximum absolute atomic E-state index is 13.8. The normalized spacial score (nSPS) is 19.5. The molecule has 0 spiro atoms. The number of nitrogens with one attached hydrogen (secondary N) is 1. The van der Waals surface area contributed by atoms with E-state index in [9.17, 15) is 32.5 Å². The van der Waals surface area contributed by atoms with E-state index < -0.39 is 65.6 Å². The van der Waals surface area contributed by atoms with Gasteiger partial charge in [0.15, 0.2) is 12.4 Å². The van der Waals surface area contributed by atoms with Gasteiger partial charge in [0, 0.05) is 20.0 Å². The van der Waals surface area contributed by atoms with Gasteiger partial charge in [-0.05, 0) is 25.7 Å². The molecule has 13 nitrogen and oxygen atoms in total. The average molecular weight is 920 g/mol. The highest BCUT2D eigenvalue weighted by atomic mass is 32.3. The molecule has 1 aliphatic heterocycles. The number of rotatable bonds is 43. The first-order chi connectivity index (χ1) is 30.5. The van der Waals surface area contributed by atoms with Crippen molar-refractivity contribution in [3.63, 3.8) is 0 Å². The number of carbonyl (C=O) groups excluding carboxylic acids is 3. The Hall–Kier alpha value is -1.84. The summed E-state index contributed by atoms with van der Waals surface area (Å²) in [6.45, 7) is 5.88. The van der Waals surface area contributed by atoms with Gasteiger partial charge in [-0.2, -0.15) is 8.42 Å². The Morgan fingerprint density at radius 1 is 0.587 bits per heavy atom. The molecule has 1 aliphatic rings. The fourth-order valence-electron chi connectivity index (χ4n) is 8.46. The van der Waals surface area contributed by atoms with Crippen LogP contribution in [0.4, 0.5) is 0 Å². The first kappa shape index (κ1) is 59.2. The molecule has 0 aromatic rings. The molecule has 0 saturated carbocycles. The van der Waals surface area contributed by atoms with Crippen LogP contribution in [0.2, 0.25) is 0 Å². The summed E-state index contributed by atoms with van der Waals surface area (Å²) in [4.78, 5) is 40.2. The Labute approximate surface area is 383 Å². The number of hydrogen-bond acceptors (Lipinski definition) is 11. The van der Waals surface area contributed by atoms with Gasteiger partial charge >= 0.3 is 22.3 Å². The number of aliphatic hydroxyl groups excluding tert-OH is 1. The molecule has 63 heavy (non-hydrogen) atoms. The van der Waals surface area contributed by atoms with E-state index in [1.807, 2.05) is 0 Å². The smallest absolute Gasteiger partial charge is 0.397 e. The lowest BCUT2D eigenvalue weighted by Crippen LogP contribution is -2.66. The van der Waals surface area contributed by atoms with Crippen molar-refractivity contribution in [3.8, 4) is 0 Å². The molecule has 1 saturated heterocycles. The monoisotopic (exact) mass is 920 g/mol. The van der Waals surface area contributed by atoms with Crippen molar-refractivity contribution in [2.75, 3.05) is 13.7 Å². The summed E-state index contributed by atoms with van der Waals surface area (Å²) < 4.78 is 61.7. The summed E-state index contributed by atoms with van der Waals surface area (Å²) >= 11 is 0. The quantitative estimate of drug-likeness (QED) is 0.0299. The fourth-order valence-corrected chi connectivity index (χ4v) is 8.98. The fraction of sp³-hybridized carbons (Fsp3) is 0.939. The summed E-state index contributed by atoms with van der Waals surface area (Å²) in [7, 11) is -3.82. The van der Waals surface area contributed by atoms with Crippen LogP contribution in [0.1, 0.15) is 245 Å². The third-order valence-electron chi connectivity index (χ3n) is 12.2. The van der Waals surface area contributed by atoms with Gasteiger partial charge in [0.25, 0.3) is 0 Å². The molecule has 1 amide bonds. The molecule has 1 rings (SSSR count). The summed E-state index contributed by atoms with van der Waals surface area (Å²) in [5.41, 5.74) is 0. The lowest BCUT2D eigenvalue weighted by atomic mass is 9.96. The zero-order chi connectivity index (χ0) is 46.4. The minimum Gasteiger partial charge on any atom is -0.462 e. The molecule has 6 atom stereocenters. The molecule has 0 aliphatic carbocycles. The lowest BCUT2D eigenvalue weighted by molar-refractivity contribution is -0.262. The topological polar surface area (TPSA) is 184 Å². The molecule has 1 fully saturated rings. The van der Waals surface area contributed by atoms with Crippen molar-refractivity contribution in [3.05, 3.63) is 0 Å². The molecule has 0 aromatic heterocycles. The van der Waals surface area contributed by atoms with Crippen LogP contribution >= 0.6 is 0 Å². The number of carbonyl (C=O) groups is 3. The maximum atomic E-state index is 13.8. The molecule has 0 bridgehead atoms. The number of hydrogen-bond donors (Lipinski definition) is 3. The Kier molecular flexibility index (Phi) is 37.0. The summed E-state index contributed by atoms with van der Waals surface area (Å²) in [6.07, 6.45) is 28.9. The number of unbranched alkanes of at least 4 members (excludes halogenated alkanes) is 28. The highest BCUT2D eigenvalue weighted by Gasteiger charge is 2.51. The van der Waals surface area contributed by atoms with Gasteiger partial charge in [-0.15, -0.1) is 0 Å². The molecule has 0 unspecified atom stereocenters. The van der Waals surface area contributed by atoms with Gasteiger partial charge in [0.2, 0.25) is 5.91 Å². The Bertz CT molecular complexity index is 1240. The van der Waals surface area contributed by atoms with E-state index in [0.717, 1.165) is 70.6 Å². The van der Waals surface area contributed by atoms with Crippen molar-refractivity contribution in [2.24, 2.45) is 0 Å². The summed E-state index contributed by atoms with van der Waals surface area (Å²) in [6, 6.07) is -1.29. The maximum Gasteiger partial charge on any atom is 0.397 e. The van der Waals surface area contributed by atoms with Gasteiger partial charge < -0.3 is 29.4 Å². The van der Waals surface area contributed by atoms with E-state index in [1.54, 1.807) is 0 Å². The summed E-state index contributed by atoms with van der Waals surface area (Å²) in [5, 5.41) is 12.9. The van der Waals surface area contributed by atoms with Crippen molar-refractivity contribution in [1.29, 1.82) is 0 Å². The standard InChI is InChI=1S/C49H93NO12S/c1-5-8-11-14-17-20-22-25-28-31-34-37-44(53)59-41(36-33-30-27-24-19-16-13-10-7-3)39-43(52)50-46-48(47(62-63(55,56)57)42(40-51)60-49(46)58-4)61-45(54)38-35-32-29-26-23-21-18-15-12-9-6-2/h41-42,46-49,51H,5-40H2,1-4H3,(H,50,52)(H,55,56,57)/t41-,42-,46-,47-,48-,49-/m1/s1. The van der Waals surface area contributed by atoms with Crippen LogP contribution in [0.25, 0.3) is 0 Å². The summed E-state index contributed by atoms with van der Waals surface area (Å²) in [5.74, 6) is -1.57. The third-order valence-corrected chi connectivity index (χ3v) is 12.7. The van der Waals surface area contributed by atoms with Crippen molar-refractivity contribution < 1.29 is 55.6 Å². The molecule has 14 heteroatoms. The van der Waals surface area contributed by atoms with Gasteiger partial charge in [0.05, 0.1) is 13.0 Å². The van der Waals surface area contributed by atoms with Crippen LogP contribution in [-0.4, -0.2) is 86.4 Å². The van der Waals surface area contributed by atoms with E-state index in [2.05, 4.69) is 26.1 Å². The number of aliphatic hydroxyl groups is 1. The van der Waals surface area contributed by atoms with E-state index in [-0.39, 0.29) is 25.2 Å². The SMILES string of the molecule is CCCCCCCCCCCCCC(=O)O[C@H](CCCCCCCCCCC)CC(=O)N[C@H]1[C@H](OC)O[C@H](CO)[C@@H](OS(=O)(=O)O)[C@@H]1OC(=O)CCCCCCCCCCCCC. The van der Waals surface area contributed by atoms with Crippen LogP contribution in [0.3, 0.4) is 0 Å². The molecule has 3 N–H and O–H groups in total. The first-order valence-electron chi connectivity index (χ1n) is 25.6. The van der Waals surface area contributed by atoms with Crippen LogP contribution in [-0.2, 0) is 47.9 Å². The van der Waals surface area contributed by atoms with Gasteiger partial charge in [-0.25, -0.2) is 4.18 Å². The third kappa shape index (κ3) is 31.7. The minimum atomic E-state index is -5.12. The first-order valence-corrected chi connectivity index (χ1v) is 27.0. The number of methoxy groups -OCH3 is 1. The highest BCUT2D eigenvalue weighted by molar-refractivity contribution is 7.80. The predicted octanol–water partition coefficient (Wildman–Crippen LogP) is 11.6. The molecular formula is C49H93NO12S. The van der Waals surface area contributed by atoms with E-state index in [4.69, 9.17) is 23.1 Å². The molecular weight excluding hydrogens is 827 g/mol. The number of amides is 1. The van der Waals surface area contributed by atoms with Crippen LogP contribution in [0.5, 0.6) is 0 Å². The zero-order valence-electron chi connectivity index (χ0n) is 40.3. The Morgan fingerprint density at radius 2 is 0.984 bits per heavy atom. The second-order valence-electron chi connectivity index (χ2n) is 18.0. The van der Waals surface area contributed by atoms with E-state index >= 15 is 0 Å². The predicted molar refractivity (Wildman–Crippen MR) is 249 cm³/mol. The molecule has 0 aromatic carbocycles. The lowest BCUT2D eigenvalue weighted by Gasteiger charge is -2.44. The van der Waals surface area contributed by atoms with Crippen LogP contribution < -0.4 is 5.32 Å². The van der Waals surface area contributed by atoms with Crippen molar-refractivity contribution in [1.82, 2.24) is 5.32 Å². The molecule has 1 heterocycles. The minimum absolute atomic E-state index is 0.0327. The highest BCUT2D eigenvalue weighted by Crippen LogP contribution is 2.29. The largest absolute Gasteiger partial charge is 0.462 e. The second-order valence-corrected chi connectivity index (χ2v) is 19.0. The Morgan fingerprint density at radius 3 is 1.38 bits per heavy atom. The van der Waals surface area contributed by atoms with Crippen molar-refractivity contribution in [2.45, 2.75) is 282 Å². The second kappa shape index (κ2) is 39.3. The van der Waals surface area contributed by atoms with Crippen molar-refractivity contribution >= 4 is 28.2 Å². The van der Waals surface area contributed by atoms with E-state index in [0.29, 0.717) is 19.3 Å². The van der Waals surface area contributed by atoms with E-state index in [1.165, 1.54) is 123 Å². The molecule has 0 radical (unpaired) electrons. The van der Waals surface area contributed by atoms with Crippen LogP contribution in [0, 0.1) is 0 Å². The average Bonchev–Trinajstić information content (AvgIpc) is 3.24. The zero-order valence-corrected chi connectivity index (χ0v) is 41.1. The Balaban J connectivity index is 2.94. The number of esters is 2. The van der Waals surface area contributed by atoms with Gasteiger partial charge in [-0.3, -0.25) is 18.9 Å². The van der Waals surface area contributed by atoms with Gasteiger partial charge in [0.1, 0.15) is 24.4 Å². The van der Waals surface area contributed by atoms with Crippen LogP contribution in [0.15, 0.2) is 0 Å². The number of ether oxygens (including phenoxy) is 4. The molecule has 372 valence electrons. The van der Waals surface area contributed by atoms with Gasteiger partial charge in [-0.1, -0.05) is 201 Å².